The Bertz CT molecular complexity index is 71.9. The highest BCUT2D eigenvalue weighted by Crippen LogP contribution is 1.65. The van der Waals surface area contributed by atoms with Gasteiger partial charge in [-0.15, -0.1) is 0 Å². The van der Waals surface area contributed by atoms with Crippen LogP contribution in [0.15, 0.2) is 0 Å². The molecule has 38 valence electrons. The third-order valence-electron chi connectivity index (χ3n) is 0.0942. The maximum Gasteiger partial charge on any atom is 0.286 e. The molecule has 0 fully saturated rings. The predicted octanol–water partition coefficient (Wildman–Crippen LogP) is -1.07. The molecule has 0 rings (SSSR count). The second-order valence-electron chi connectivity index (χ2n) is 0.373. The summed E-state index contributed by atoms with van der Waals surface area (Å²) < 4.78 is 21.3. The molecule has 0 spiro atoms. The van der Waals surface area contributed by atoms with Crippen molar-refractivity contribution in [1.29, 1.82) is 0 Å². The molecular weight excluding hydrogens is 112 g/mol. The van der Waals surface area contributed by atoms with E-state index in [1.807, 2.05) is 0 Å². The van der Waals surface area contributed by atoms with Crippen LogP contribution in [0.25, 0.3) is 0 Å². The van der Waals surface area contributed by atoms with Crippen molar-refractivity contribution in [3.8, 4) is 0 Å². The first-order valence-electron chi connectivity index (χ1n) is 0.897. The van der Waals surface area contributed by atoms with Gasteiger partial charge in [0.1, 0.15) is 0 Å². The third kappa shape index (κ3) is 3.83. The van der Waals surface area contributed by atoms with E-state index in [4.69, 9.17) is 13.7 Å². The van der Waals surface area contributed by atoms with E-state index in [1.54, 1.807) is 0 Å². The van der Waals surface area contributed by atoms with Gasteiger partial charge in [0.25, 0.3) is 11.0 Å². The Morgan fingerprint density at radius 1 is 1.50 bits per heavy atom. The molecule has 6 heavy (non-hydrogen) atoms. The molecule has 0 aromatic carbocycles. The smallest absolute Gasteiger partial charge is 0.220 e. The second kappa shape index (κ2) is 3.04. The Kier molecular flexibility index (Phi) is 2.95. The van der Waals surface area contributed by atoms with Crippen molar-refractivity contribution in [2.24, 2.45) is 0 Å². The van der Waals surface area contributed by atoms with E-state index in [0.29, 0.717) is 0 Å². The maximum atomic E-state index is 9.13. The van der Waals surface area contributed by atoms with Gasteiger partial charge in [0.15, 0.2) is 0 Å². The zero-order valence-electron chi connectivity index (χ0n) is 2.53. The van der Waals surface area contributed by atoms with Crippen molar-refractivity contribution in [2.45, 2.75) is 0 Å². The van der Waals surface area contributed by atoms with Gasteiger partial charge < -0.3 is 0 Å². The van der Waals surface area contributed by atoms with Crippen LogP contribution in [0.3, 0.4) is 0 Å². The average molecular weight is 114 g/mol. The minimum Gasteiger partial charge on any atom is -0.220 e. The van der Waals surface area contributed by atoms with Gasteiger partial charge in [-0.05, 0) is 0 Å². The molecule has 0 aliphatic rings. The first-order valence-corrected chi connectivity index (χ1v) is 1.99. The molecule has 0 radical (unpaired) electrons. The average Bonchev–Trinajstić information content (AvgIpc) is 1.35. The Morgan fingerprint density at radius 3 is 2.00 bits per heavy atom. The fourth-order valence-corrected chi connectivity index (χ4v) is 0.0816. The quantitative estimate of drug-likeness (QED) is 0.272. The maximum absolute atomic E-state index is 9.13. The molecule has 0 saturated carbocycles. The standard InChI is InChI=1S/H2O5S/c1-4-5-6(2)3/h1,6H. The molecule has 0 heterocycles. The Morgan fingerprint density at radius 2 is 2.00 bits per heavy atom. The fourth-order valence-electron chi connectivity index (χ4n) is 0.0272. The topological polar surface area (TPSA) is 72.8 Å². The number of hydrogen-bond donors (Lipinski definition) is 2. The summed E-state index contributed by atoms with van der Waals surface area (Å²) in [7, 11) is -3.07. The lowest BCUT2D eigenvalue weighted by Gasteiger charge is -1.75. The van der Waals surface area contributed by atoms with Crippen LogP contribution in [0, 0.1) is 0 Å². The summed E-state index contributed by atoms with van der Waals surface area (Å²) in [6.07, 6.45) is 0. The van der Waals surface area contributed by atoms with Gasteiger partial charge in [-0.25, -0.2) is 13.7 Å². The predicted molar refractivity (Wildman–Crippen MR) is 15.1 cm³/mol. The van der Waals surface area contributed by atoms with Crippen molar-refractivity contribution in [3.05, 3.63) is 0 Å². The van der Waals surface area contributed by atoms with E-state index in [2.05, 4.69) is 9.37 Å². The lowest BCUT2D eigenvalue weighted by molar-refractivity contribution is -0.435. The van der Waals surface area contributed by atoms with Gasteiger partial charge in [0.2, 0.25) is 0 Å². The second-order valence-corrected chi connectivity index (χ2v) is 0.969. The van der Waals surface area contributed by atoms with Crippen LogP contribution in [-0.4, -0.2) is 13.7 Å². The summed E-state index contributed by atoms with van der Waals surface area (Å²) in [4.78, 5) is 0. The minimum absolute atomic E-state index is 2.71. The molecule has 0 atom stereocenters. The monoisotopic (exact) mass is 114 g/mol. The van der Waals surface area contributed by atoms with Gasteiger partial charge >= 0.3 is 0 Å². The molecule has 0 saturated heterocycles. The van der Waals surface area contributed by atoms with E-state index >= 15 is 0 Å². The normalized spacial score (nSPS) is 9.67. The van der Waals surface area contributed by atoms with Crippen molar-refractivity contribution in [2.75, 3.05) is 0 Å². The lowest BCUT2D eigenvalue weighted by Crippen LogP contribution is -1.83. The lowest BCUT2D eigenvalue weighted by atomic mass is 14.6. The van der Waals surface area contributed by atoms with E-state index in [-0.39, 0.29) is 0 Å². The van der Waals surface area contributed by atoms with Gasteiger partial charge in [0.05, 0.1) is 0 Å². The van der Waals surface area contributed by atoms with Crippen LogP contribution in [-0.2, 0) is 20.4 Å². The van der Waals surface area contributed by atoms with Crippen LogP contribution in [0.4, 0.5) is 0 Å². The van der Waals surface area contributed by atoms with E-state index < -0.39 is 11.0 Å². The summed E-state index contributed by atoms with van der Waals surface area (Å²) in [6.45, 7) is 0. The van der Waals surface area contributed by atoms with Crippen molar-refractivity contribution >= 4 is 11.0 Å². The van der Waals surface area contributed by atoms with Crippen LogP contribution in [0.1, 0.15) is 0 Å². The molecular formula is H2O5S. The van der Waals surface area contributed by atoms with Crippen LogP contribution in [0.2, 0.25) is 0 Å². The van der Waals surface area contributed by atoms with Crippen LogP contribution in [0.5, 0.6) is 0 Å². The molecule has 0 aromatic rings. The molecule has 0 aromatic heterocycles. The molecule has 1 N–H and O–H groups in total. The number of hydrogen-bond acceptors (Lipinski definition) is 5. The Hall–Kier alpha value is -0.170. The zero-order chi connectivity index (χ0) is 4.99. The van der Waals surface area contributed by atoms with Gasteiger partial charge in [-0.1, -0.05) is 9.37 Å². The van der Waals surface area contributed by atoms with Crippen molar-refractivity contribution in [1.82, 2.24) is 0 Å². The zero-order valence-corrected chi connectivity index (χ0v) is 3.42. The van der Waals surface area contributed by atoms with E-state index in [9.17, 15) is 0 Å². The molecule has 0 amide bonds. The minimum atomic E-state index is -3.07. The van der Waals surface area contributed by atoms with Crippen LogP contribution >= 0.6 is 0 Å². The highest BCUT2D eigenvalue weighted by Gasteiger charge is 1.75. The largest absolute Gasteiger partial charge is 0.286 e. The van der Waals surface area contributed by atoms with Gasteiger partial charge in [-0.3, -0.25) is 0 Å². The van der Waals surface area contributed by atoms with E-state index in [1.165, 1.54) is 0 Å². The first kappa shape index (κ1) is 5.83. The summed E-state index contributed by atoms with van der Waals surface area (Å²) >= 11 is 0. The summed E-state index contributed by atoms with van der Waals surface area (Å²) in [5.41, 5.74) is 0. The molecule has 0 aliphatic heterocycles. The molecule has 0 unspecified atom stereocenters. The van der Waals surface area contributed by atoms with E-state index in [0.717, 1.165) is 0 Å². The van der Waals surface area contributed by atoms with Gasteiger partial charge in [-0.2, -0.15) is 0 Å². The highest BCUT2D eigenvalue weighted by molar-refractivity contribution is 7.67. The third-order valence-corrected chi connectivity index (χ3v) is 0.283. The summed E-state index contributed by atoms with van der Waals surface area (Å²) in [6, 6.07) is 0. The SMILES string of the molecule is O=[SH](=O)OOO. The van der Waals surface area contributed by atoms with Crippen molar-refractivity contribution < 1.29 is 23.0 Å². The number of rotatable bonds is 2. The van der Waals surface area contributed by atoms with Gasteiger partial charge in [0, 0.05) is 0 Å². The van der Waals surface area contributed by atoms with Crippen molar-refractivity contribution in [3.63, 3.8) is 0 Å². The first-order chi connectivity index (χ1) is 2.77. The fraction of sp³-hybridized carbons (Fsp3) is 0. The van der Waals surface area contributed by atoms with Crippen LogP contribution < -0.4 is 0 Å². The number of thiol groups is 1. The highest BCUT2D eigenvalue weighted by atomic mass is 32.2. The molecule has 0 bridgehead atoms. The summed E-state index contributed by atoms with van der Waals surface area (Å²) in [5.74, 6) is 0. The molecule has 6 heteroatoms. The molecule has 0 aliphatic carbocycles. The Balaban J connectivity index is 3.07. The Labute approximate surface area is 35.1 Å². The molecule has 5 nitrogen and oxygen atoms in total. The summed E-state index contributed by atoms with van der Waals surface area (Å²) in [5, 5.41) is 9.84.